The van der Waals surface area contributed by atoms with Gasteiger partial charge in [-0.3, -0.25) is 29.4 Å². The molecule has 0 unspecified atom stereocenters. The highest BCUT2D eigenvalue weighted by Crippen LogP contribution is 2.29. The topological polar surface area (TPSA) is 191 Å². The Kier molecular flexibility index (Phi) is 11.2. The van der Waals surface area contributed by atoms with E-state index in [1.54, 1.807) is 24.3 Å². The van der Waals surface area contributed by atoms with Gasteiger partial charge in [-0.05, 0) is 24.3 Å². The lowest BCUT2D eigenvalue weighted by atomic mass is 9.98. The van der Waals surface area contributed by atoms with E-state index in [1.165, 1.54) is 6.92 Å². The van der Waals surface area contributed by atoms with E-state index in [1.807, 2.05) is 0 Å². The van der Waals surface area contributed by atoms with Gasteiger partial charge in [-0.25, -0.2) is 5.43 Å². The molecule has 5 atom stereocenters. The summed E-state index contributed by atoms with van der Waals surface area (Å²) in [4.78, 5) is 58.9. The van der Waals surface area contributed by atoms with Crippen LogP contribution in [0.25, 0.3) is 0 Å². The molecular weight excluding hydrogens is 494 g/mol. The monoisotopic (exact) mass is 525 g/mol. The van der Waals surface area contributed by atoms with Crippen LogP contribution in [0.1, 0.15) is 38.1 Å². The molecular formula is C23H31N3O11. The standard InChI is InChI=1S/C23H31N3O11/c1-12(27)33-11-18-19(34-13(2)28)20(35-14(3)29)21(36-15(4)30)23(37-18)32-10-9-25-26-22(31)16-5-7-17(24)8-6-16/h5-8,18-21,23,25H,9-11,24H2,1-4H3,(H,26,31)/t18-,19-,20+,21-,23-/m1/s1. The Morgan fingerprint density at radius 2 is 1.41 bits per heavy atom. The normalized spacial score (nSPS) is 22.9. The summed E-state index contributed by atoms with van der Waals surface area (Å²) in [5, 5.41) is 0. The molecule has 204 valence electrons. The van der Waals surface area contributed by atoms with E-state index in [0.717, 1.165) is 20.8 Å². The number of carbonyl (C=O) groups excluding carboxylic acids is 5. The maximum atomic E-state index is 12.2. The zero-order valence-corrected chi connectivity index (χ0v) is 20.9. The van der Waals surface area contributed by atoms with Crippen LogP contribution in [-0.2, 0) is 47.6 Å². The van der Waals surface area contributed by atoms with Crippen molar-refractivity contribution in [2.24, 2.45) is 0 Å². The molecule has 1 saturated heterocycles. The molecule has 0 aromatic heterocycles. The van der Waals surface area contributed by atoms with Gasteiger partial charge in [0, 0.05) is 45.5 Å². The summed E-state index contributed by atoms with van der Waals surface area (Å²) in [5.41, 5.74) is 11.7. The third-order valence-electron chi connectivity index (χ3n) is 4.83. The van der Waals surface area contributed by atoms with Gasteiger partial charge in [0.2, 0.25) is 0 Å². The second kappa shape index (κ2) is 14.1. The molecule has 1 aliphatic rings. The molecule has 0 bridgehead atoms. The number of hydrazine groups is 1. The van der Waals surface area contributed by atoms with Crippen LogP contribution in [0.2, 0.25) is 0 Å². The largest absolute Gasteiger partial charge is 0.463 e. The second-order valence-corrected chi connectivity index (χ2v) is 7.94. The Labute approximate surface area is 213 Å². The van der Waals surface area contributed by atoms with E-state index in [-0.39, 0.29) is 19.8 Å². The number of nitrogens with two attached hydrogens (primary N) is 1. The number of anilines is 1. The highest BCUT2D eigenvalue weighted by molar-refractivity contribution is 5.94. The van der Waals surface area contributed by atoms with Crippen molar-refractivity contribution in [1.82, 2.24) is 10.9 Å². The minimum atomic E-state index is -1.33. The zero-order chi connectivity index (χ0) is 27.5. The average Bonchev–Trinajstić information content (AvgIpc) is 2.80. The minimum absolute atomic E-state index is 0.0737. The van der Waals surface area contributed by atoms with Gasteiger partial charge in [0.1, 0.15) is 12.7 Å². The summed E-state index contributed by atoms with van der Waals surface area (Å²) in [7, 11) is 0. The molecule has 1 heterocycles. The van der Waals surface area contributed by atoms with Gasteiger partial charge < -0.3 is 34.2 Å². The third-order valence-corrected chi connectivity index (χ3v) is 4.83. The van der Waals surface area contributed by atoms with Crippen molar-refractivity contribution in [3.63, 3.8) is 0 Å². The van der Waals surface area contributed by atoms with Gasteiger partial charge in [-0.2, -0.15) is 0 Å². The van der Waals surface area contributed by atoms with Crippen molar-refractivity contribution in [2.75, 3.05) is 25.5 Å². The first-order chi connectivity index (χ1) is 17.5. The number of benzene rings is 1. The molecule has 1 amide bonds. The smallest absolute Gasteiger partial charge is 0.303 e. The summed E-state index contributed by atoms with van der Waals surface area (Å²) in [6, 6.07) is 6.28. The van der Waals surface area contributed by atoms with Gasteiger partial charge in [0.25, 0.3) is 5.91 Å². The maximum absolute atomic E-state index is 12.2. The molecule has 2 rings (SSSR count). The first-order valence-corrected chi connectivity index (χ1v) is 11.3. The van der Waals surface area contributed by atoms with Crippen LogP contribution in [-0.4, -0.2) is 80.2 Å². The number of carbonyl (C=O) groups is 5. The number of nitrogens with one attached hydrogen (secondary N) is 2. The quantitative estimate of drug-likeness (QED) is 0.111. The molecule has 4 N–H and O–H groups in total. The van der Waals surface area contributed by atoms with Gasteiger partial charge >= 0.3 is 23.9 Å². The van der Waals surface area contributed by atoms with Gasteiger partial charge in [0.15, 0.2) is 24.6 Å². The number of ether oxygens (including phenoxy) is 6. The zero-order valence-electron chi connectivity index (χ0n) is 20.9. The summed E-state index contributed by atoms with van der Waals surface area (Å²) in [6.07, 6.45) is -6.36. The Morgan fingerprint density at radius 3 is 1.97 bits per heavy atom. The molecule has 0 saturated carbocycles. The molecule has 0 spiro atoms. The Morgan fingerprint density at radius 1 is 0.838 bits per heavy atom. The Bertz CT molecular complexity index is 969. The van der Waals surface area contributed by atoms with Crippen molar-refractivity contribution < 1.29 is 52.4 Å². The summed E-state index contributed by atoms with van der Waals surface area (Å²) in [6.45, 7) is 4.20. The van der Waals surface area contributed by atoms with E-state index >= 15 is 0 Å². The molecule has 1 aliphatic heterocycles. The molecule has 0 radical (unpaired) electrons. The first-order valence-electron chi connectivity index (χ1n) is 11.3. The molecule has 14 heteroatoms. The number of amides is 1. The molecule has 1 aromatic carbocycles. The fraction of sp³-hybridized carbons (Fsp3) is 0.522. The van der Waals surface area contributed by atoms with Crippen molar-refractivity contribution >= 4 is 35.5 Å². The molecule has 37 heavy (non-hydrogen) atoms. The highest BCUT2D eigenvalue weighted by atomic mass is 16.7. The fourth-order valence-electron chi connectivity index (χ4n) is 3.40. The fourth-order valence-corrected chi connectivity index (χ4v) is 3.40. The van der Waals surface area contributed by atoms with Crippen LogP contribution in [0.5, 0.6) is 0 Å². The van der Waals surface area contributed by atoms with Gasteiger partial charge in [0.05, 0.1) is 6.61 Å². The SMILES string of the molecule is CC(=O)OC[C@H]1O[C@@H](OCCNNC(=O)c2ccc(N)cc2)[C@H](OC(C)=O)[C@@H](OC(C)=O)[C@@H]1OC(C)=O. The van der Waals surface area contributed by atoms with Crippen LogP contribution < -0.4 is 16.6 Å². The van der Waals surface area contributed by atoms with Crippen LogP contribution in [0, 0.1) is 0 Å². The first kappa shape index (κ1) is 29.5. The van der Waals surface area contributed by atoms with Crippen LogP contribution >= 0.6 is 0 Å². The molecule has 1 fully saturated rings. The Hall–Kier alpha value is -3.75. The van der Waals surface area contributed by atoms with Crippen LogP contribution in [0.3, 0.4) is 0 Å². The van der Waals surface area contributed by atoms with E-state index in [9.17, 15) is 24.0 Å². The Balaban J connectivity index is 2.10. The highest BCUT2D eigenvalue weighted by Gasteiger charge is 2.52. The van der Waals surface area contributed by atoms with Crippen molar-refractivity contribution in [1.29, 1.82) is 0 Å². The molecule has 1 aromatic rings. The summed E-state index contributed by atoms with van der Waals surface area (Å²) < 4.78 is 32.4. The number of rotatable bonds is 11. The van der Waals surface area contributed by atoms with Crippen LogP contribution in [0.15, 0.2) is 24.3 Å². The lowest BCUT2D eigenvalue weighted by molar-refractivity contribution is -0.307. The maximum Gasteiger partial charge on any atom is 0.303 e. The average molecular weight is 526 g/mol. The van der Waals surface area contributed by atoms with Crippen LogP contribution in [0.4, 0.5) is 5.69 Å². The minimum Gasteiger partial charge on any atom is -0.463 e. The number of esters is 4. The second-order valence-electron chi connectivity index (χ2n) is 7.94. The van der Waals surface area contributed by atoms with Crippen molar-refractivity contribution in [3.8, 4) is 0 Å². The lowest BCUT2D eigenvalue weighted by Gasteiger charge is -2.44. The lowest BCUT2D eigenvalue weighted by Crippen LogP contribution is -2.63. The van der Waals surface area contributed by atoms with E-state index < -0.39 is 60.5 Å². The van der Waals surface area contributed by atoms with E-state index in [0.29, 0.717) is 11.3 Å². The molecule has 14 nitrogen and oxygen atoms in total. The summed E-state index contributed by atoms with van der Waals surface area (Å²) >= 11 is 0. The third kappa shape index (κ3) is 9.67. The molecule has 0 aliphatic carbocycles. The van der Waals surface area contributed by atoms with Gasteiger partial charge in [-0.15, -0.1) is 0 Å². The summed E-state index contributed by atoms with van der Waals surface area (Å²) in [5.74, 6) is -3.27. The van der Waals surface area contributed by atoms with Crippen molar-refractivity contribution in [2.45, 2.75) is 58.4 Å². The number of nitrogen functional groups attached to an aromatic ring is 1. The predicted octanol–water partition coefficient (Wildman–Crippen LogP) is -0.397. The number of hydrogen-bond donors (Lipinski definition) is 3. The number of hydrogen-bond acceptors (Lipinski definition) is 13. The van der Waals surface area contributed by atoms with Crippen molar-refractivity contribution in [3.05, 3.63) is 29.8 Å². The van der Waals surface area contributed by atoms with E-state index in [4.69, 9.17) is 34.2 Å². The van der Waals surface area contributed by atoms with Gasteiger partial charge in [-0.1, -0.05) is 0 Å². The predicted molar refractivity (Wildman–Crippen MR) is 124 cm³/mol. The van der Waals surface area contributed by atoms with E-state index in [2.05, 4.69) is 10.9 Å².